The van der Waals surface area contributed by atoms with Crippen LogP contribution in [0, 0.1) is 5.92 Å². The molecule has 2 saturated heterocycles. The first-order valence-electron chi connectivity index (χ1n) is 4.14. The average molecular weight is 140 g/mol. The van der Waals surface area contributed by atoms with Gasteiger partial charge in [-0.2, -0.15) is 0 Å². The highest BCUT2D eigenvalue weighted by atomic mass is 15.2. The Labute approximate surface area is 62.6 Å². The molecule has 2 unspecified atom stereocenters. The Kier molecular flexibility index (Phi) is 1.29. The second-order valence-corrected chi connectivity index (χ2v) is 4.03. The summed E-state index contributed by atoms with van der Waals surface area (Å²) >= 11 is 0. The third kappa shape index (κ3) is 0.789. The number of likely N-dealkylation sites (N-methyl/N-ethyl adjacent to an activating group) is 1. The molecule has 58 valence electrons. The summed E-state index contributed by atoms with van der Waals surface area (Å²) in [4.78, 5) is 2.43. The van der Waals surface area contributed by atoms with Crippen LogP contribution in [0.2, 0.25) is 0 Å². The maximum absolute atomic E-state index is 3.58. The molecule has 2 rings (SSSR count). The van der Waals surface area contributed by atoms with Crippen LogP contribution in [-0.4, -0.2) is 37.1 Å². The van der Waals surface area contributed by atoms with E-state index in [4.69, 9.17) is 0 Å². The summed E-state index contributed by atoms with van der Waals surface area (Å²) in [6.45, 7) is 6.12. The van der Waals surface area contributed by atoms with Crippen LogP contribution in [0.4, 0.5) is 0 Å². The number of likely N-dealkylation sites (tertiary alicyclic amines) is 1. The van der Waals surface area contributed by atoms with Gasteiger partial charge in [-0.15, -0.1) is 0 Å². The van der Waals surface area contributed by atoms with E-state index in [9.17, 15) is 0 Å². The normalized spacial score (nSPS) is 48.0. The topological polar surface area (TPSA) is 15.3 Å². The highest BCUT2D eigenvalue weighted by molar-refractivity contribution is 5.03. The van der Waals surface area contributed by atoms with Gasteiger partial charge in [0.15, 0.2) is 0 Å². The lowest BCUT2D eigenvalue weighted by molar-refractivity contribution is 0.348. The Morgan fingerprint density at radius 1 is 1.60 bits per heavy atom. The van der Waals surface area contributed by atoms with Gasteiger partial charge in [-0.05, 0) is 32.9 Å². The van der Waals surface area contributed by atoms with Gasteiger partial charge < -0.3 is 10.2 Å². The van der Waals surface area contributed by atoms with Gasteiger partial charge in [0.2, 0.25) is 0 Å². The smallest absolute Gasteiger partial charge is 0.0321 e. The molecule has 2 nitrogen and oxygen atoms in total. The molecular weight excluding hydrogens is 124 g/mol. The van der Waals surface area contributed by atoms with Crippen LogP contribution in [0.15, 0.2) is 0 Å². The van der Waals surface area contributed by atoms with Gasteiger partial charge in [0.05, 0.1) is 0 Å². The first kappa shape index (κ1) is 6.62. The van der Waals surface area contributed by atoms with Crippen LogP contribution in [0.1, 0.15) is 13.3 Å². The predicted octanol–water partition coefficient (Wildman–Crippen LogP) is 0.300. The minimum Gasteiger partial charge on any atom is -0.310 e. The van der Waals surface area contributed by atoms with Gasteiger partial charge in [0, 0.05) is 18.6 Å². The van der Waals surface area contributed by atoms with E-state index in [0.717, 1.165) is 5.92 Å². The lowest BCUT2D eigenvalue weighted by Gasteiger charge is -2.22. The van der Waals surface area contributed by atoms with Crippen LogP contribution in [0.25, 0.3) is 0 Å². The minimum absolute atomic E-state index is 0.453. The molecule has 0 aliphatic carbocycles. The summed E-state index contributed by atoms with van der Waals surface area (Å²) in [6, 6.07) is 0. The van der Waals surface area contributed by atoms with E-state index in [1.54, 1.807) is 0 Å². The zero-order valence-electron chi connectivity index (χ0n) is 6.85. The molecule has 2 heterocycles. The summed E-state index contributed by atoms with van der Waals surface area (Å²) in [5, 5.41) is 3.58. The molecule has 0 aromatic heterocycles. The van der Waals surface area contributed by atoms with Gasteiger partial charge in [-0.3, -0.25) is 0 Å². The second kappa shape index (κ2) is 1.95. The number of hydrogen-bond donors (Lipinski definition) is 1. The van der Waals surface area contributed by atoms with Crippen LogP contribution < -0.4 is 5.32 Å². The van der Waals surface area contributed by atoms with E-state index in [2.05, 4.69) is 24.2 Å². The maximum Gasteiger partial charge on any atom is 0.0321 e. The summed E-state index contributed by atoms with van der Waals surface area (Å²) in [6.07, 6.45) is 1.38. The molecule has 0 amide bonds. The molecule has 0 radical (unpaired) electrons. The number of nitrogens with one attached hydrogen (secondary N) is 1. The molecule has 2 heteroatoms. The zero-order chi connectivity index (χ0) is 7.19. The fourth-order valence-corrected chi connectivity index (χ4v) is 2.47. The number of nitrogens with zero attached hydrogens (tertiary/aromatic N) is 1. The van der Waals surface area contributed by atoms with Crippen molar-refractivity contribution >= 4 is 0 Å². The third-order valence-electron chi connectivity index (χ3n) is 3.05. The molecule has 0 bridgehead atoms. The molecular formula is C8H16N2. The first-order valence-corrected chi connectivity index (χ1v) is 4.14. The molecule has 2 aliphatic rings. The van der Waals surface area contributed by atoms with E-state index >= 15 is 0 Å². The van der Waals surface area contributed by atoms with E-state index in [0.29, 0.717) is 5.54 Å². The monoisotopic (exact) mass is 140 g/mol. The fraction of sp³-hybridized carbons (Fsp3) is 1.00. The van der Waals surface area contributed by atoms with E-state index < -0.39 is 0 Å². The van der Waals surface area contributed by atoms with Gasteiger partial charge in [0.1, 0.15) is 0 Å². The Morgan fingerprint density at radius 2 is 2.40 bits per heavy atom. The van der Waals surface area contributed by atoms with Crippen LogP contribution in [0.3, 0.4) is 0 Å². The van der Waals surface area contributed by atoms with Crippen LogP contribution in [-0.2, 0) is 0 Å². The fourth-order valence-electron chi connectivity index (χ4n) is 2.47. The third-order valence-corrected chi connectivity index (χ3v) is 3.05. The van der Waals surface area contributed by atoms with Gasteiger partial charge in [0.25, 0.3) is 0 Å². The molecule has 10 heavy (non-hydrogen) atoms. The molecule has 0 saturated carbocycles. The Balaban J connectivity index is 2.15. The van der Waals surface area contributed by atoms with E-state index in [1.165, 1.54) is 26.1 Å². The van der Waals surface area contributed by atoms with E-state index in [-0.39, 0.29) is 0 Å². The molecule has 1 N–H and O–H groups in total. The molecule has 2 atom stereocenters. The summed E-state index contributed by atoms with van der Waals surface area (Å²) in [5.41, 5.74) is 0.453. The maximum atomic E-state index is 3.58. The molecule has 2 fully saturated rings. The lowest BCUT2D eigenvalue weighted by Crippen LogP contribution is -2.42. The molecule has 0 spiro atoms. The van der Waals surface area contributed by atoms with Crippen LogP contribution >= 0.6 is 0 Å². The minimum atomic E-state index is 0.453. The quantitative estimate of drug-likeness (QED) is 0.520. The van der Waals surface area contributed by atoms with Crippen LogP contribution in [0.5, 0.6) is 0 Å². The highest BCUT2D eigenvalue weighted by Crippen LogP contribution is 2.32. The van der Waals surface area contributed by atoms with Gasteiger partial charge in [-0.25, -0.2) is 0 Å². The molecule has 0 aromatic carbocycles. The van der Waals surface area contributed by atoms with E-state index in [1.807, 2.05) is 0 Å². The lowest BCUT2D eigenvalue weighted by atomic mass is 9.91. The van der Waals surface area contributed by atoms with Crippen molar-refractivity contribution in [3.8, 4) is 0 Å². The van der Waals surface area contributed by atoms with Gasteiger partial charge >= 0.3 is 0 Å². The van der Waals surface area contributed by atoms with Crippen molar-refractivity contribution in [2.24, 2.45) is 5.92 Å². The van der Waals surface area contributed by atoms with Crippen molar-refractivity contribution in [1.82, 2.24) is 10.2 Å². The largest absolute Gasteiger partial charge is 0.310 e. The number of fused-ring (bicyclic) bond motifs is 1. The Hall–Kier alpha value is -0.0800. The summed E-state index contributed by atoms with van der Waals surface area (Å²) in [7, 11) is 2.21. The van der Waals surface area contributed by atoms with Gasteiger partial charge in [-0.1, -0.05) is 0 Å². The van der Waals surface area contributed by atoms with Crippen molar-refractivity contribution in [3.63, 3.8) is 0 Å². The van der Waals surface area contributed by atoms with Crippen molar-refractivity contribution < 1.29 is 0 Å². The zero-order valence-corrected chi connectivity index (χ0v) is 6.85. The van der Waals surface area contributed by atoms with Crippen molar-refractivity contribution in [2.75, 3.05) is 26.7 Å². The molecule has 2 aliphatic heterocycles. The van der Waals surface area contributed by atoms with Crippen molar-refractivity contribution in [2.45, 2.75) is 18.9 Å². The number of hydrogen-bond acceptors (Lipinski definition) is 2. The highest BCUT2D eigenvalue weighted by Gasteiger charge is 2.44. The first-order chi connectivity index (χ1) is 4.71. The SMILES string of the molecule is CN1CC2CCNC2(C)C1. The summed E-state index contributed by atoms with van der Waals surface area (Å²) < 4.78 is 0. The number of rotatable bonds is 0. The van der Waals surface area contributed by atoms with Crippen molar-refractivity contribution in [1.29, 1.82) is 0 Å². The predicted molar refractivity (Wildman–Crippen MR) is 42.0 cm³/mol. The summed E-state index contributed by atoms with van der Waals surface area (Å²) in [5.74, 6) is 0.914. The Morgan fingerprint density at radius 3 is 3.10 bits per heavy atom. The van der Waals surface area contributed by atoms with Crippen molar-refractivity contribution in [3.05, 3.63) is 0 Å². The Bertz CT molecular complexity index is 146. The molecule has 0 aromatic rings. The second-order valence-electron chi connectivity index (χ2n) is 4.03. The standard InChI is InChI=1S/C8H16N2/c1-8-6-10(2)5-7(8)3-4-9-8/h7,9H,3-6H2,1-2H3. The average Bonchev–Trinajstić information content (AvgIpc) is 2.20.